The van der Waals surface area contributed by atoms with Crippen LogP contribution in [0.15, 0.2) is 59.5 Å². The zero-order valence-electron chi connectivity index (χ0n) is 23.3. The number of pyridine rings is 1. The molecule has 1 amide bonds. The van der Waals surface area contributed by atoms with Gasteiger partial charge in [-0.3, -0.25) is 14.4 Å². The quantitative estimate of drug-likeness (QED) is 0.421. The van der Waals surface area contributed by atoms with Crippen molar-refractivity contribution in [1.82, 2.24) is 4.57 Å². The Bertz CT molecular complexity index is 1480. The van der Waals surface area contributed by atoms with Crippen LogP contribution in [0.4, 0.5) is 0 Å². The van der Waals surface area contributed by atoms with Gasteiger partial charge in [0.05, 0.1) is 44.7 Å². The first kappa shape index (κ1) is 29.2. The highest BCUT2D eigenvalue weighted by atomic mass is 35.5. The van der Waals surface area contributed by atoms with Crippen LogP contribution < -0.4 is 11.3 Å². The second-order valence-electron chi connectivity index (χ2n) is 11.1. The van der Waals surface area contributed by atoms with Gasteiger partial charge in [0.2, 0.25) is 5.91 Å². The standard InChI is InChI=1S/C32H35ClN2O6/c1-19(2)30-12-22-7-8-24(33)13-26(22)27-15-31(37)35(16-23(27)17-41-30)28(14-25-18-39-9-10-40-25)29(36)11-20-3-5-21(6-4-20)32(34)38/h3-8,13,15-16,19,25,28,30H,9-12,14,17-18H2,1-2H3,(H2,34,38)/t25-,28?,30?/m1/s1. The lowest BCUT2D eigenvalue weighted by Crippen LogP contribution is -2.37. The van der Waals surface area contributed by atoms with Crippen molar-refractivity contribution in [2.45, 2.75) is 58.0 Å². The molecule has 1 aromatic heterocycles. The third-order valence-electron chi connectivity index (χ3n) is 7.84. The molecular formula is C32H35ClN2O6. The molecule has 8 nitrogen and oxygen atoms in total. The highest BCUT2D eigenvalue weighted by Gasteiger charge is 2.30. The molecule has 216 valence electrons. The normalized spacial score (nSPS) is 19.5. The third kappa shape index (κ3) is 6.79. The number of hydrogen-bond donors (Lipinski definition) is 1. The van der Waals surface area contributed by atoms with Crippen LogP contribution in [-0.4, -0.2) is 48.3 Å². The average Bonchev–Trinajstić information content (AvgIpc) is 2.95. The van der Waals surface area contributed by atoms with E-state index in [0.29, 0.717) is 43.4 Å². The SMILES string of the molecule is CC(C)C1Cc2ccc(Cl)cc2-c2cc(=O)n(C(C[C@@H]3COCCO3)C(=O)Cc3ccc(C(N)=O)cc3)cc2CO1. The van der Waals surface area contributed by atoms with E-state index in [2.05, 4.69) is 13.8 Å². The van der Waals surface area contributed by atoms with Crippen molar-refractivity contribution < 1.29 is 23.8 Å². The molecule has 3 heterocycles. The van der Waals surface area contributed by atoms with E-state index in [1.54, 1.807) is 36.5 Å². The maximum absolute atomic E-state index is 13.8. The summed E-state index contributed by atoms with van der Waals surface area (Å²) in [5.41, 5.74) is 9.69. The van der Waals surface area contributed by atoms with Gasteiger partial charge in [0.1, 0.15) is 0 Å². The first-order valence-electron chi connectivity index (χ1n) is 14.0. The number of primary amides is 1. The van der Waals surface area contributed by atoms with Crippen molar-refractivity contribution >= 4 is 23.3 Å². The minimum absolute atomic E-state index is 0.0166. The number of nitrogens with two attached hydrogens (primary N) is 1. The van der Waals surface area contributed by atoms with Crippen molar-refractivity contribution in [2.24, 2.45) is 11.7 Å². The minimum Gasteiger partial charge on any atom is -0.376 e. The van der Waals surface area contributed by atoms with Crippen molar-refractivity contribution in [3.8, 4) is 11.1 Å². The molecule has 0 saturated carbocycles. The number of fused-ring (bicyclic) bond motifs is 3. The van der Waals surface area contributed by atoms with Crippen LogP contribution in [0.25, 0.3) is 11.1 Å². The van der Waals surface area contributed by atoms with E-state index in [9.17, 15) is 14.4 Å². The molecule has 3 atom stereocenters. The van der Waals surface area contributed by atoms with Gasteiger partial charge in [0.15, 0.2) is 5.78 Å². The van der Waals surface area contributed by atoms with E-state index in [0.717, 1.165) is 27.8 Å². The molecule has 2 N–H and O–H groups in total. The molecule has 2 aromatic carbocycles. The van der Waals surface area contributed by atoms with Gasteiger partial charge in [-0.1, -0.05) is 43.6 Å². The van der Waals surface area contributed by atoms with Gasteiger partial charge in [-0.2, -0.15) is 0 Å². The van der Waals surface area contributed by atoms with E-state index in [-0.39, 0.29) is 42.3 Å². The summed E-state index contributed by atoms with van der Waals surface area (Å²) in [5, 5.41) is 0.589. The molecule has 41 heavy (non-hydrogen) atoms. The van der Waals surface area contributed by atoms with Crippen molar-refractivity contribution in [2.75, 3.05) is 19.8 Å². The Morgan fingerprint density at radius 3 is 2.46 bits per heavy atom. The molecule has 9 heteroatoms. The number of benzene rings is 2. The van der Waals surface area contributed by atoms with Crippen LogP contribution in [0, 0.1) is 5.92 Å². The number of amides is 1. The monoisotopic (exact) mass is 578 g/mol. The first-order chi connectivity index (χ1) is 19.7. The second-order valence-corrected chi connectivity index (χ2v) is 11.5. The van der Waals surface area contributed by atoms with E-state index in [4.69, 9.17) is 31.5 Å². The van der Waals surface area contributed by atoms with Crippen LogP contribution in [0.1, 0.15) is 53.4 Å². The Balaban J connectivity index is 1.54. The number of carbonyl (C=O) groups excluding carboxylic acids is 2. The Morgan fingerprint density at radius 1 is 1.02 bits per heavy atom. The van der Waals surface area contributed by atoms with Crippen LogP contribution in [0.2, 0.25) is 5.02 Å². The van der Waals surface area contributed by atoms with Gasteiger partial charge in [-0.05, 0) is 58.9 Å². The summed E-state index contributed by atoms with van der Waals surface area (Å²) in [6.07, 6.45) is 2.48. The fourth-order valence-corrected chi connectivity index (χ4v) is 5.68. The molecule has 2 aliphatic heterocycles. The average molecular weight is 579 g/mol. The maximum Gasteiger partial charge on any atom is 0.251 e. The summed E-state index contributed by atoms with van der Waals surface area (Å²) in [7, 11) is 0. The molecule has 0 bridgehead atoms. The number of halogens is 1. The minimum atomic E-state index is -0.791. The van der Waals surface area contributed by atoms with E-state index < -0.39 is 11.9 Å². The number of nitrogens with zero attached hydrogens (tertiary/aromatic N) is 1. The largest absolute Gasteiger partial charge is 0.376 e. The maximum atomic E-state index is 13.8. The molecule has 5 rings (SSSR count). The highest BCUT2D eigenvalue weighted by molar-refractivity contribution is 6.30. The molecule has 2 aliphatic rings. The zero-order chi connectivity index (χ0) is 29.1. The fourth-order valence-electron chi connectivity index (χ4n) is 5.51. The summed E-state index contributed by atoms with van der Waals surface area (Å²) in [5.74, 6) is -0.402. The number of carbonyl (C=O) groups is 2. The molecular weight excluding hydrogens is 544 g/mol. The molecule has 3 aromatic rings. The van der Waals surface area contributed by atoms with Crippen LogP contribution in [0.5, 0.6) is 0 Å². The van der Waals surface area contributed by atoms with Gasteiger partial charge >= 0.3 is 0 Å². The van der Waals surface area contributed by atoms with Gasteiger partial charge in [-0.25, -0.2) is 0 Å². The van der Waals surface area contributed by atoms with E-state index >= 15 is 0 Å². The van der Waals surface area contributed by atoms with Crippen LogP contribution in [0.3, 0.4) is 0 Å². The van der Waals surface area contributed by atoms with Gasteiger partial charge < -0.3 is 24.5 Å². The Morgan fingerprint density at radius 2 is 1.78 bits per heavy atom. The fraction of sp³-hybridized carbons (Fsp3) is 0.406. The summed E-state index contributed by atoms with van der Waals surface area (Å²) >= 11 is 6.40. The molecule has 0 radical (unpaired) electrons. The summed E-state index contributed by atoms with van der Waals surface area (Å²) in [6, 6.07) is 13.2. The first-order valence-corrected chi connectivity index (χ1v) is 14.3. The lowest BCUT2D eigenvalue weighted by atomic mass is 9.89. The van der Waals surface area contributed by atoms with Gasteiger partial charge in [-0.15, -0.1) is 0 Å². The van der Waals surface area contributed by atoms with Crippen molar-refractivity contribution in [1.29, 1.82) is 0 Å². The second kappa shape index (κ2) is 12.7. The molecule has 0 aliphatic carbocycles. The number of rotatable bonds is 8. The number of Topliss-reactive ketones (excluding diaryl/α,β-unsaturated/α-hetero) is 1. The van der Waals surface area contributed by atoms with Gasteiger partial charge in [0.25, 0.3) is 5.56 Å². The molecule has 2 unspecified atom stereocenters. The smallest absolute Gasteiger partial charge is 0.251 e. The third-order valence-corrected chi connectivity index (χ3v) is 8.07. The molecule has 0 spiro atoms. The van der Waals surface area contributed by atoms with Crippen LogP contribution >= 0.6 is 11.6 Å². The topological polar surface area (TPSA) is 110 Å². The predicted octanol–water partition coefficient (Wildman–Crippen LogP) is 4.52. The number of ketones is 1. The Labute approximate surface area is 244 Å². The summed E-state index contributed by atoms with van der Waals surface area (Å²) < 4.78 is 19.3. The predicted molar refractivity (Wildman–Crippen MR) is 156 cm³/mol. The van der Waals surface area contributed by atoms with Crippen LogP contribution in [-0.2, 0) is 38.5 Å². The Hall–Kier alpha value is -3.30. The van der Waals surface area contributed by atoms with Crippen molar-refractivity contribution in [3.05, 3.63) is 92.4 Å². The van der Waals surface area contributed by atoms with E-state index in [1.807, 2.05) is 18.2 Å². The highest BCUT2D eigenvalue weighted by Crippen LogP contribution is 2.34. The molecule has 1 saturated heterocycles. The number of hydrogen-bond acceptors (Lipinski definition) is 6. The number of ether oxygens (including phenoxy) is 3. The summed E-state index contributed by atoms with van der Waals surface area (Å²) in [4.78, 5) is 39.0. The lowest BCUT2D eigenvalue weighted by molar-refractivity contribution is -0.126. The lowest BCUT2D eigenvalue weighted by Gasteiger charge is -2.30. The summed E-state index contributed by atoms with van der Waals surface area (Å²) in [6.45, 7) is 5.82. The molecule has 1 fully saturated rings. The number of aromatic nitrogens is 1. The van der Waals surface area contributed by atoms with E-state index in [1.165, 1.54) is 4.57 Å². The zero-order valence-corrected chi connectivity index (χ0v) is 24.1. The van der Waals surface area contributed by atoms with Crippen molar-refractivity contribution in [3.63, 3.8) is 0 Å². The Kier molecular flexibility index (Phi) is 9.04. The van der Waals surface area contributed by atoms with Gasteiger partial charge in [0, 0.05) is 41.3 Å².